The SMILES string of the molecule is CC(C)n1c(=O)sc2cc(S(=O)(=O)N3CCN(c4ccccc4F)CC3)ccc21. The van der Waals surface area contributed by atoms with Crippen LogP contribution in [0.25, 0.3) is 10.2 Å². The highest BCUT2D eigenvalue weighted by atomic mass is 32.2. The summed E-state index contributed by atoms with van der Waals surface area (Å²) in [6.45, 7) is 5.23. The van der Waals surface area contributed by atoms with Gasteiger partial charge in [-0.15, -0.1) is 0 Å². The van der Waals surface area contributed by atoms with E-state index in [1.165, 1.54) is 10.4 Å². The van der Waals surface area contributed by atoms with Crippen molar-refractivity contribution in [3.8, 4) is 0 Å². The number of sulfonamides is 1. The fourth-order valence-electron chi connectivity index (χ4n) is 3.69. The lowest BCUT2D eigenvalue weighted by atomic mass is 10.2. The highest BCUT2D eigenvalue weighted by Gasteiger charge is 2.29. The molecule has 154 valence electrons. The van der Waals surface area contributed by atoms with E-state index in [2.05, 4.69) is 0 Å². The van der Waals surface area contributed by atoms with Crippen molar-refractivity contribution in [2.75, 3.05) is 31.1 Å². The van der Waals surface area contributed by atoms with Crippen LogP contribution in [-0.4, -0.2) is 43.5 Å². The van der Waals surface area contributed by atoms with Crippen molar-refractivity contribution < 1.29 is 12.8 Å². The molecule has 1 aliphatic heterocycles. The maximum absolute atomic E-state index is 14.0. The minimum absolute atomic E-state index is 0.00478. The van der Waals surface area contributed by atoms with E-state index in [0.717, 1.165) is 16.9 Å². The Morgan fingerprint density at radius 2 is 1.72 bits per heavy atom. The van der Waals surface area contributed by atoms with Crippen molar-refractivity contribution in [3.05, 3.63) is 57.9 Å². The summed E-state index contributed by atoms with van der Waals surface area (Å²) in [6.07, 6.45) is 0. The topological polar surface area (TPSA) is 62.6 Å². The molecule has 0 bridgehead atoms. The Labute approximate surface area is 172 Å². The molecule has 2 heterocycles. The van der Waals surface area contributed by atoms with E-state index in [1.807, 2.05) is 18.7 Å². The smallest absolute Gasteiger partial charge is 0.308 e. The average Bonchev–Trinajstić information content (AvgIpc) is 3.03. The number of fused-ring (bicyclic) bond motifs is 1. The Morgan fingerprint density at radius 3 is 2.38 bits per heavy atom. The number of piperazine rings is 1. The molecule has 0 atom stereocenters. The van der Waals surface area contributed by atoms with Crippen LogP contribution in [0.3, 0.4) is 0 Å². The third-order valence-corrected chi connectivity index (χ3v) is 7.98. The summed E-state index contributed by atoms with van der Waals surface area (Å²) in [5, 5.41) is 0. The number of thiazole rings is 1. The highest BCUT2D eigenvalue weighted by Crippen LogP contribution is 2.27. The van der Waals surface area contributed by atoms with Crippen LogP contribution in [-0.2, 0) is 10.0 Å². The van der Waals surface area contributed by atoms with Crippen molar-refractivity contribution >= 4 is 37.3 Å². The van der Waals surface area contributed by atoms with Gasteiger partial charge in [-0.3, -0.25) is 9.36 Å². The number of hydrogen-bond acceptors (Lipinski definition) is 5. The Morgan fingerprint density at radius 1 is 1.03 bits per heavy atom. The average molecular weight is 436 g/mol. The molecular weight excluding hydrogens is 413 g/mol. The quantitative estimate of drug-likeness (QED) is 0.631. The van der Waals surface area contributed by atoms with Gasteiger partial charge in [0.1, 0.15) is 5.82 Å². The molecule has 0 aliphatic carbocycles. The maximum Gasteiger partial charge on any atom is 0.308 e. The lowest BCUT2D eigenvalue weighted by Gasteiger charge is -2.35. The van der Waals surface area contributed by atoms with Crippen LogP contribution < -0.4 is 9.77 Å². The first kappa shape index (κ1) is 20.1. The minimum Gasteiger partial charge on any atom is -0.367 e. The van der Waals surface area contributed by atoms with E-state index < -0.39 is 10.0 Å². The molecule has 1 fully saturated rings. The molecule has 0 spiro atoms. The standard InChI is InChI=1S/C20H22FN3O3S2/c1-14(2)24-18-8-7-15(13-19(18)28-20(24)25)29(26,27)23-11-9-22(10-12-23)17-6-4-3-5-16(17)21/h3-8,13-14H,9-12H2,1-2H3. The van der Waals surface area contributed by atoms with Gasteiger partial charge in [-0.2, -0.15) is 4.31 Å². The number of aromatic nitrogens is 1. The fraction of sp³-hybridized carbons (Fsp3) is 0.350. The first-order valence-corrected chi connectivity index (χ1v) is 11.7. The van der Waals surface area contributed by atoms with E-state index >= 15 is 0 Å². The Hall–Kier alpha value is -2.23. The Balaban J connectivity index is 1.58. The predicted molar refractivity (Wildman–Crippen MR) is 114 cm³/mol. The third-order valence-electron chi connectivity index (χ3n) is 5.17. The van der Waals surface area contributed by atoms with Gasteiger partial charge in [0.2, 0.25) is 10.0 Å². The first-order chi connectivity index (χ1) is 13.8. The number of rotatable bonds is 4. The number of nitrogens with zero attached hydrogens (tertiary/aromatic N) is 3. The highest BCUT2D eigenvalue weighted by molar-refractivity contribution is 7.89. The summed E-state index contributed by atoms with van der Waals surface area (Å²) in [5.74, 6) is -0.307. The van der Waals surface area contributed by atoms with Gasteiger partial charge in [0.25, 0.3) is 0 Å². The van der Waals surface area contributed by atoms with Crippen molar-refractivity contribution in [2.24, 2.45) is 0 Å². The second-order valence-corrected chi connectivity index (χ2v) is 10.2. The molecule has 1 aromatic heterocycles. The molecule has 4 rings (SSSR count). The van der Waals surface area contributed by atoms with Crippen molar-refractivity contribution in [2.45, 2.75) is 24.8 Å². The van der Waals surface area contributed by atoms with Crippen LogP contribution >= 0.6 is 11.3 Å². The molecule has 1 saturated heterocycles. The van der Waals surface area contributed by atoms with Crippen LogP contribution in [0.1, 0.15) is 19.9 Å². The van der Waals surface area contributed by atoms with Crippen molar-refractivity contribution in [1.82, 2.24) is 8.87 Å². The van der Waals surface area contributed by atoms with E-state index in [1.54, 1.807) is 41.0 Å². The molecule has 0 saturated carbocycles. The van der Waals surface area contributed by atoms with Crippen LogP contribution in [0, 0.1) is 5.82 Å². The number of para-hydroxylation sites is 1. The Kier molecular flexibility index (Phi) is 5.22. The third kappa shape index (κ3) is 3.58. The molecule has 1 aliphatic rings. The summed E-state index contributed by atoms with van der Waals surface area (Å²) in [5.41, 5.74) is 1.24. The lowest BCUT2D eigenvalue weighted by Crippen LogP contribution is -2.48. The van der Waals surface area contributed by atoms with Gasteiger partial charge < -0.3 is 4.90 Å². The molecule has 2 aromatic carbocycles. The number of benzene rings is 2. The van der Waals surface area contributed by atoms with Crippen LogP contribution in [0.15, 0.2) is 52.2 Å². The molecule has 0 N–H and O–H groups in total. The van der Waals surface area contributed by atoms with E-state index in [-0.39, 0.29) is 34.7 Å². The largest absolute Gasteiger partial charge is 0.367 e. The van der Waals surface area contributed by atoms with Gasteiger partial charge in [0, 0.05) is 32.2 Å². The summed E-state index contributed by atoms with van der Waals surface area (Å²) in [7, 11) is -3.68. The van der Waals surface area contributed by atoms with Crippen LogP contribution in [0.2, 0.25) is 0 Å². The zero-order valence-electron chi connectivity index (χ0n) is 16.2. The molecule has 29 heavy (non-hydrogen) atoms. The van der Waals surface area contributed by atoms with Gasteiger partial charge in [-0.05, 0) is 44.2 Å². The van der Waals surface area contributed by atoms with Gasteiger partial charge in [-0.25, -0.2) is 12.8 Å². The summed E-state index contributed by atoms with van der Waals surface area (Å²) in [4.78, 5) is 14.2. The molecule has 0 amide bonds. The summed E-state index contributed by atoms with van der Waals surface area (Å²) >= 11 is 1.06. The normalized spacial score (nSPS) is 16.1. The second-order valence-electron chi connectivity index (χ2n) is 7.30. The van der Waals surface area contributed by atoms with Gasteiger partial charge >= 0.3 is 4.87 Å². The summed E-state index contributed by atoms with van der Waals surface area (Å²) < 4.78 is 44.0. The summed E-state index contributed by atoms with van der Waals surface area (Å²) in [6, 6.07) is 11.4. The zero-order chi connectivity index (χ0) is 20.8. The first-order valence-electron chi connectivity index (χ1n) is 9.44. The molecule has 3 aromatic rings. The monoisotopic (exact) mass is 435 g/mol. The van der Waals surface area contributed by atoms with Crippen LogP contribution in [0.5, 0.6) is 0 Å². The zero-order valence-corrected chi connectivity index (χ0v) is 17.8. The maximum atomic E-state index is 14.0. The second kappa shape index (κ2) is 7.55. The number of hydrogen-bond donors (Lipinski definition) is 0. The lowest BCUT2D eigenvalue weighted by molar-refractivity contribution is 0.383. The van der Waals surface area contributed by atoms with Crippen molar-refractivity contribution in [1.29, 1.82) is 0 Å². The van der Waals surface area contributed by atoms with E-state index in [4.69, 9.17) is 0 Å². The minimum atomic E-state index is -3.68. The molecule has 6 nitrogen and oxygen atoms in total. The van der Waals surface area contributed by atoms with Gasteiger partial charge in [0.05, 0.1) is 20.8 Å². The van der Waals surface area contributed by atoms with Gasteiger partial charge in [-0.1, -0.05) is 23.5 Å². The molecule has 0 radical (unpaired) electrons. The fourth-order valence-corrected chi connectivity index (χ4v) is 6.27. The number of anilines is 1. The molecule has 9 heteroatoms. The van der Waals surface area contributed by atoms with Gasteiger partial charge in [0.15, 0.2) is 0 Å². The van der Waals surface area contributed by atoms with Crippen LogP contribution in [0.4, 0.5) is 10.1 Å². The van der Waals surface area contributed by atoms with Crippen molar-refractivity contribution in [3.63, 3.8) is 0 Å². The Bertz CT molecular complexity index is 1210. The van der Waals surface area contributed by atoms with E-state index in [0.29, 0.717) is 23.5 Å². The molecule has 0 unspecified atom stereocenters. The predicted octanol–water partition coefficient (Wildman–Crippen LogP) is 3.29. The molecular formula is C20H22FN3O3S2. The van der Waals surface area contributed by atoms with E-state index in [9.17, 15) is 17.6 Å². The number of halogens is 1.